The van der Waals surface area contributed by atoms with E-state index in [1.807, 2.05) is 7.05 Å². The minimum Gasteiger partial charge on any atom is -0.314 e. The maximum atomic E-state index is 13.5. The third-order valence-electron chi connectivity index (χ3n) is 3.37. The molecular formula is C9H16FN. The molecule has 0 heterocycles. The highest BCUT2D eigenvalue weighted by Crippen LogP contribution is 2.43. The van der Waals surface area contributed by atoms with Crippen LogP contribution in [0.15, 0.2) is 0 Å². The molecule has 2 aliphatic rings. The van der Waals surface area contributed by atoms with E-state index in [-0.39, 0.29) is 6.04 Å². The average Bonchev–Trinajstić information content (AvgIpc) is 2.42. The van der Waals surface area contributed by atoms with E-state index in [1.54, 1.807) is 0 Å². The number of hydrogen-bond donors (Lipinski definition) is 1. The number of halogens is 1. The van der Waals surface area contributed by atoms with Crippen LogP contribution in [0.5, 0.6) is 0 Å². The molecule has 2 rings (SSSR count). The predicted molar refractivity (Wildman–Crippen MR) is 43.2 cm³/mol. The van der Waals surface area contributed by atoms with Crippen LogP contribution in [0, 0.1) is 11.8 Å². The molecule has 0 spiro atoms. The van der Waals surface area contributed by atoms with E-state index >= 15 is 0 Å². The number of fused-ring (bicyclic) bond motifs is 2. The molecule has 2 bridgehead atoms. The molecule has 1 nitrogen and oxygen atoms in total. The molecule has 0 amide bonds. The molecule has 1 N–H and O–H groups in total. The lowest BCUT2D eigenvalue weighted by Gasteiger charge is -2.31. The van der Waals surface area contributed by atoms with Gasteiger partial charge in [0, 0.05) is 6.04 Å². The third kappa shape index (κ3) is 1.18. The first-order valence-electron chi connectivity index (χ1n) is 4.62. The van der Waals surface area contributed by atoms with Crippen LogP contribution >= 0.6 is 0 Å². The summed E-state index contributed by atoms with van der Waals surface area (Å²) >= 11 is 0. The summed E-state index contributed by atoms with van der Waals surface area (Å²) in [6, 6.07) is 0.154. The molecular weight excluding hydrogens is 141 g/mol. The summed E-state index contributed by atoms with van der Waals surface area (Å²) < 4.78 is 13.5. The van der Waals surface area contributed by atoms with Crippen molar-refractivity contribution in [3.05, 3.63) is 0 Å². The molecule has 64 valence electrons. The van der Waals surface area contributed by atoms with Gasteiger partial charge in [-0.25, -0.2) is 4.39 Å². The Hall–Kier alpha value is -0.110. The topological polar surface area (TPSA) is 12.0 Å². The van der Waals surface area contributed by atoms with Crippen LogP contribution in [-0.4, -0.2) is 19.3 Å². The van der Waals surface area contributed by atoms with Crippen LogP contribution in [0.1, 0.15) is 25.7 Å². The van der Waals surface area contributed by atoms with Crippen molar-refractivity contribution < 1.29 is 4.39 Å². The number of hydrogen-bond acceptors (Lipinski definition) is 1. The van der Waals surface area contributed by atoms with Crippen LogP contribution in [-0.2, 0) is 0 Å². The summed E-state index contributed by atoms with van der Waals surface area (Å²) in [6.45, 7) is 0. The molecule has 0 saturated heterocycles. The van der Waals surface area contributed by atoms with Crippen LogP contribution in [0.3, 0.4) is 0 Å². The summed E-state index contributed by atoms with van der Waals surface area (Å²) in [5, 5.41) is 3.08. The third-order valence-corrected chi connectivity index (χ3v) is 3.37. The SMILES string of the molecule is CN[C@@H]1C[C@H]2CC[C@H](C2)[C@@H]1F. The zero-order valence-corrected chi connectivity index (χ0v) is 7.02. The fourth-order valence-electron chi connectivity index (χ4n) is 2.71. The first-order chi connectivity index (χ1) is 5.31. The maximum absolute atomic E-state index is 13.5. The molecule has 2 heteroatoms. The fraction of sp³-hybridized carbons (Fsp3) is 1.00. The van der Waals surface area contributed by atoms with Gasteiger partial charge in [0.05, 0.1) is 0 Å². The lowest BCUT2D eigenvalue weighted by Crippen LogP contribution is -2.42. The van der Waals surface area contributed by atoms with Crippen LogP contribution in [0.2, 0.25) is 0 Å². The van der Waals surface area contributed by atoms with Crippen molar-refractivity contribution in [2.45, 2.75) is 37.9 Å². The maximum Gasteiger partial charge on any atom is 0.118 e. The Bertz CT molecular complexity index is 148. The average molecular weight is 157 g/mol. The summed E-state index contributed by atoms with van der Waals surface area (Å²) in [5.41, 5.74) is 0. The molecule has 2 fully saturated rings. The van der Waals surface area contributed by atoms with Gasteiger partial charge in [-0.05, 0) is 38.1 Å². The van der Waals surface area contributed by atoms with Crippen LogP contribution in [0.4, 0.5) is 4.39 Å². The highest BCUT2D eigenvalue weighted by molar-refractivity contribution is 4.94. The second kappa shape index (κ2) is 2.74. The molecule has 0 aromatic heterocycles. The quantitative estimate of drug-likeness (QED) is 0.611. The highest BCUT2D eigenvalue weighted by Gasteiger charge is 2.41. The minimum absolute atomic E-state index is 0.154. The van der Waals surface area contributed by atoms with Gasteiger partial charge >= 0.3 is 0 Å². The Balaban J connectivity index is 2.05. The van der Waals surface area contributed by atoms with Gasteiger partial charge in [0.2, 0.25) is 0 Å². The Morgan fingerprint density at radius 2 is 2.09 bits per heavy atom. The van der Waals surface area contributed by atoms with Gasteiger partial charge in [-0.1, -0.05) is 6.42 Å². The van der Waals surface area contributed by atoms with Crippen molar-refractivity contribution >= 4 is 0 Å². The molecule has 0 unspecified atom stereocenters. The van der Waals surface area contributed by atoms with E-state index in [9.17, 15) is 4.39 Å². The first-order valence-corrected chi connectivity index (χ1v) is 4.62. The lowest BCUT2D eigenvalue weighted by molar-refractivity contribution is 0.131. The number of nitrogens with one attached hydrogen (secondary N) is 1. The summed E-state index contributed by atoms with van der Waals surface area (Å²) in [7, 11) is 1.88. The van der Waals surface area contributed by atoms with Crippen LogP contribution in [0.25, 0.3) is 0 Å². The standard InChI is InChI=1S/C9H16FN/c1-11-8-5-6-2-3-7(4-6)9(8)10/h6-9,11H,2-5H2,1H3/t6-,7+,8+,9-/m0/s1. The van der Waals surface area contributed by atoms with Gasteiger partial charge in [0.1, 0.15) is 6.17 Å². The largest absolute Gasteiger partial charge is 0.314 e. The molecule has 2 aliphatic carbocycles. The van der Waals surface area contributed by atoms with Crippen molar-refractivity contribution in [1.82, 2.24) is 5.32 Å². The van der Waals surface area contributed by atoms with E-state index in [0.29, 0.717) is 5.92 Å². The molecule has 11 heavy (non-hydrogen) atoms. The zero-order valence-electron chi connectivity index (χ0n) is 7.02. The van der Waals surface area contributed by atoms with E-state index in [1.165, 1.54) is 6.42 Å². The van der Waals surface area contributed by atoms with Gasteiger partial charge in [-0.15, -0.1) is 0 Å². The smallest absolute Gasteiger partial charge is 0.118 e. The fourth-order valence-corrected chi connectivity index (χ4v) is 2.71. The first kappa shape index (κ1) is 7.53. The molecule has 0 radical (unpaired) electrons. The molecule has 4 atom stereocenters. The van der Waals surface area contributed by atoms with E-state index in [0.717, 1.165) is 25.2 Å². The molecule has 0 aromatic carbocycles. The van der Waals surface area contributed by atoms with Crippen molar-refractivity contribution in [1.29, 1.82) is 0 Å². The second-order valence-electron chi connectivity index (χ2n) is 4.01. The molecule has 0 aromatic rings. The Labute approximate surface area is 67.4 Å². The summed E-state index contributed by atoms with van der Waals surface area (Å²) in [5.74, 6) is 1.20. The summed E-state index contributed by atoms with van der Waals surface area (Å²) in [6.07, 6.45) is 4.04. The minimum atomic E-state index is -0.571. The van der Waals surface area contributed by atoms with E-state index in [2.05, 4.69) is 5.32 Å². The van der Waals surface area contributed by atoms with Crippen LogP contribution < -0.4 is 5.32 Å². The monoisotopic (exact) mass is 157 g/mol. The second-order valence-corrected chi connectivity index (χ2v) is 4.01. The van der Waals surface area contributed by atoms with Crippen molar-refractivity contribution in [2.75, 3.05) is 7.05 Å². The number of alkyl halides is 1. The molecule has 0 aliphatic heterocycles. The van der Waals surface area contributed by atoms with Gasteiger partial charge in [-0.3, -0.25) is 0 Å². The van der Waals surface area contributed by atoms with Crippen molar-refractivity contribution in [3.63, 3.8) is 0 Å². The van der Waals surface area contributed by atoms with E-state index in [4.69, 9.17) is 0 Å². The van der Waals surface area contributed by atoms with Crippen molar-refractivity contribution in [2.24, 2.45) is 11.8 Å². The molecule has 2 saturated carbocycles. The predicted octanol–water partition coefficient (Wildman–Crippen LogP) is 1.73. The van der Waals surface area contributed by atoms with E-state index < -0.39 is 6.17 Å². The summed E-state index contributed by atoms with van der Waals surface area (Å²) in [4.78, 5) is 0. The highest BCUT2D eigenvalue weighted by atomic mass is 19.1. The van der Waals surface area contributed by atoms with Crippen molar-refractivity contribution in [3.8, 4) is 0 Å². The van der Waals surface area contributed by atoms with Gasteiger partial charge in [0.25, 0.3) is 0 Å². The number of rotatable bonds is 1. The van der Waals surface area contributed by atoms with Gasteiger partial charge in [-0.2, -0.15) is 0 Å². The Morgan fingerprint density at radius 1 is 1.27 bits per heavy atom. The Morgan fingerprint density at radius 3 is 2.82 bits per heavy atom. The van der Waals surface area contributed by atoms with Gasteiger partial charge < -0.3 is 5.32 Å². The van der Waals surface area contributed by atoms with Gasteiger partial charge in [0.15, 0.2) is 0 Å². The zero-order chi connectivity index (χ0) is 7.84. The lowest BCUT2D eigenvalue weighted by atomic mass is 9.84. The normalized spacial score (nSPS) is 49.6. The Kier molecular flexibility index (Phi) is 1.88.